The van der Waals surface area contributed by atoms with E-state index in [1.165, 1.54) is 0 Å². The fourth-order valence-electron chi connectivity index (χ4n) is 2.02. The summed E-state index contributed by atoms with van der Waals surface area (Å²) >= 11 is 12.1. The first-order valence-electron chi connectivity index (χ1n) is 5.54. The Morgan fingerprint density at radius 3 is 2.33 bits per heavy atom. The molecule has 5 heteroatoms. The van der Waals surface area contributed by atoms with Crippen molar-refractivity contribution in [2.75, 3.05) is 0 Å². The number of hydrogen-bond donors (Lipinski definition) is 3. The van der Waals surface area contributed by atoms with Crippen LogP contribution < -0.4 is 0 Å². The fourth-order valence-corrected chi connectivity index (χ4v) is 2.65. The molecule has 96 valence electrons. The van der Waals surface area contributed by atoms with Gasteiger partial charge >= 0.3 is 0 Å². The van der Waals surface area contributed by atoms with E-state index in [1.807, 2.05) is 6.92 Å². The number of aromatic hydroxyl groups is 2. The molecule has 0 fully saturated rings. The highest BCUT2D eigenvalue weighted by molar-refractivity contribution is 6.36. The van der Waals surface area contributed by atoms with Crippen LogP contribution in [0.2, 0.25) is 10.0 Å². The molecular formula is C13H13Cl2NO2. The molecule has 2 aromatic rings. The summed E-state index contributed by atoms with van der Waals surface area (Å²) in [5, 5.41) is 20.8. The second-order valence-electron chi connectivity index (χ2n) is 4.10. The van der Waals surface area contributed by atoms with Gasteiger partial charge in [0.05, 0.1) is 16.3 Å². The monoisotopic (exact) mass is 285 g/mol. The number of H-pyrrole nitrogens is 1. The van der Waals surface area contributed by atoms with E-state index in [0.29, 0.717) is 33.3 Å². The maximum absolute atomic E-state index is 10.0. The standard InChI is InChI=1S/C13H13Cl2NO2/c1-3-7-4-8(14)5-9(15)10(7)11-12(17)6(2)16-13(11)18/h4-5,16-18H,3H2,1-2H3. The third kappa shape index (κ3) is 2.04. The molecule has 18 heavy (non-hydrogen) atoms. The van der Waals surface area contributed by atoms with E-state index in [9.17, 15) is 10.2 Å². The average molecular weight is 286 g/mol. The Bertz CT molecular complexity index is 606. The van der Waals surface area contributed by atoms with Crippen molar-refractivity contribution in [2.45, 2.75) is 20.3 Å². The van der Waals surface area contributed by atoms with Gasteiger partial charge in [-0.25, -0.2) is 0 Å². The lowest BCUT2D eigenvalue weighted by Crippen LogP contribution is -1.89. The molecule has 0 amide bonds. The highest BCUT2D eigenvalue weighted by Crippen LogP contribution is 2.45. The molecule has 0 spiro atoms. The molecule has 3 N–H and O–H groups in total. The largest absolute Gasteiger partial charge is 0.505 e. The van der Waals surface area contributed by atoms with Crippen molar-refractivity contribution in [3.05, 3.63) is 33.4 Å². The number of rotatable bonds is 2. The van der Waals surface area contributed by atoms with E-state index in [4.69, 9.17) is 23.2 Å². The van der Waals surface area contributed by atoms with Crippen molar-refractivity contribution in [3.8, 4) is 22.8 Å². The predicted molar refractivity (Wildman–Crippen MR) is 73.7 cm³/mol. The highest BCUT2D eigenvalue weighted by atomic mass is 35.5. The summed E-state index contributed by atoms with van der Waals surface area (Å²) in [4.78, 5) is 2.68. The van der Waals surface area contributed by atoms with Gasteiger partial charge in [-0.1, -0.05) is 30.1 Å². The van der Waals surface area contributed by atoms with Crippen LogP contribution in [-0.4, -0.2) is 15.2 Å². The van der Waals surface area contributed by atoms with Crippen LogP contribution in [-0.2, 0) is 6.42 Å². The maximum atomic E-state index is 10.0. The van der Waals surface area contributed by atoms with Crippen molar-refractivity contribution >= 4 is 23.2 Å². The number of aryl methyl sites for hydroxylation is 2. The summed E-state index contributed by atoms with van der Waals surface area (Å²) in [5.74, 6) is -0.0876. The lowest BCUT2D eigenvalue weighted by atomic mass is 9.99. The van der Waals surface area contributed by atoms with Crippen molar-refractivity contribution in [3.63, 3.8) is 0 Å². The molecule has 0 saturated heterocycles. The van der Waals surface area contributed by atoms with Gasteiger partial charge < -0.3 is 15.2 Å². The van der Waals surface area contributed by atoms with Gasteiger partial charge in [0.25, 0.3) is 0 Å². The zero-order valence-corrected chi connectivity index (χ0v) is 11.5. The van der Waals surface area contributed by atoms with Crippen LogP contribution >= 0.6 is 23.2 Å². The minimum atomic E-state index is -0.0936. The first-order chi connectivity index (χ1) is 8.45. The number of benzene rings is 1. The minimum absolute atomic E-state index is 0.00595. The number of halogens is 2. The van der Waals surface area contributed by atoms with Gasteiger partial charge in [0.2, 0.25) is 5.88 Å². The van der Waals surface area contributed by atoms with Crippen LogP contribution in [0.3, 0.4) is 0 Å². The molecule has 0 unspecified atom stereocenters. The van der Waals surface area contributed by atoms with Crippen molar-refractivity contribution in [1.82, 2.24) is 4.98 Å². The lowest BCUT2D eigenvalue weighted by molar-refractivity contribution is 0.455. The van der Waals surface area contributed by atoms with Gasteiger partial charge in [0.1, 0.15) is 5.75 Å². The van der Waals surface area contributed by atoms with E-state index in [0.717, 1.165) is 5.56 Å². The molecule has 0 atom stereocenters. The third-order valence-electron chi connectivity index (χ3n) is 2.90. The molecule has 0 saturated carbocycles. The molecule has 0 bridgehead atoms. The normalized spacial score (nSPS) is 10.9. The fraction of sp³-hybridized carbons (Fsp3) is 0.231. The molecular weight excluding hydrogens is 273 g/mol. The van der Waals surface area contributed by atoms with E-state index in [-0.39, 0.29) is 11.6 Å². The van der Waals surface area contributed by atoms with E-state index in [2.05, 4.69) is 4.98 Å². The first-order valence-corrected chi connectivity index (χ1v) is 6.30. The van der Waals surface area contributed by atoms with E-state index < -0.39 is 0 Å². The molecule has 3 nitrogen and oxygen atoms in total. The molecule has 0 aliphatic rings. The summed E-state index contributed by atoms with van der Waals surface area (Å²) in [6, 6.07) is 3.38. The average Bonchev–Trinajstić information content (AvgIpc) is 2.54. The molecule has 1 heterocycles. The van der Waals surface area contributed by atoms with Crippen LogP contribution in [0.4, 0.5) is 0 Å². The lowest BCUT2D eigenvalue weighted by Gasteiger charge is -2.11. The van der Waals surface area contributed by atoms with E-state index >= 15 is 0 Å². The second-order valence-corrected chi connectivity index (χ2v) is 4.94. The smallest absolute Gasteiger partial charge is 0.200 e. The number of hydrogen-bond acceptors (Lipinski definition) is 2. The zero-order chi connectivity index (χ0) is 13.4. The van der Waals surface area contributed by atoms with Crippen LogP contribution in [0.5, 0.6) is 11.6 Å². The Morgan fingerprint density at radius 2 is 1.83 bits per heavy atom. The molecule has 0 radical (unpaired) electrons. The Labute approximate surface area is 115 Å². The second kappa shape index (κ2) is 4.75. The summed E-state index contributed by atoms with van der Waals surface area (Å²) in [6.07, 6.45) is 0.693. The van der Waals surface area contributed by atoms with Crippen molar-refractivity contribution < 1.29 is 10.2 Å². The molecule has 0 aliphatic carbocycles. The SMILES string of the molecule is CCc1cc(Cl)cc(Cl)c1-c1c(O)[nH]c(C)c1O. The molecule has 0 aliphatic heterocycles. The highest BCUT2D eigenvalue weighted by Gasteiger charge is 2.21. The van der Waals surface area contributed by atoms with Crippen LogP contribution in [0.15, 0.2) is 12.1 Å². The van der Waals surface area contributed by atoms with Gasteiger partial charge in [0, 0.05) is 10.6 Å². The van der Waals surface area contributed by atoms with Crippen LogP contribution in [0.25, 0.3) is 11.1 Å². The quantitative estimate of drug-likeness (QED) is 0.772. The molecule has 2 rings (SSSR count). The van der Waals surface area contributed by atoms with Gasteiger partial charge in [0.15, 0.2) is 0 Å². The summed E-state index contributed by atoms with van der Waals surface area (Å²) < 4.78 is 0. The molecule has 1 aromatic heterocycles. The predicted octanol–water partition coefficient (Wildman–Crippen LogP) is 4.27. The van der Waals surface area contributed by atoms with E-state index in [1.54, 1.807) is 19.1 Å². The topological polar surface area (TPSA) is 56.2 Å². The molecule has 1 aromatic carbocycles. The Morgan fingerprint density at radius 1 is 1.17 bits per heavy atom. The van der Waals surface area contributed by atoms with Gasteiger partial charge in [-0.15, -0.1) is 0 Å². The Balaban J connectivity index is 2.78. The number of aromatic nitrogens is 1. The first kappa shape index (κ1) is 13.1. The third-order valence-corrected chi connectivity index (χ3v) is 3.42. The van der Waals surface area contributed by atoms with Gasteiger partial charge in [-0.3, -0.25) is 0 Å². The number of aromatic amines is 1. The summed E-state index contributed by atoms with van der Waals surface area (Å²) in [6.45, 7) is 3.63. The summed E-state index contributed by atoms with van der Waals surface area (Å²) in [5.41, 5.74) is 2.31. The zero-order valence-electron chi connectivity index (χ0n) is 10.0. The maximum Gasteiger partial charge on any atom is 0.200 e. The van der Waals surface area contributed by atoms with Gasteiger partial charge in [-0.05, 0) is 31.0 Å². The van der Waals surface area contributed by atoms with Crippen molar-refractivity contribution in [2.24, 2.45) is 0 Å². The number of nitrogens with one attached hydrogen (secondary N) is 1. The summed E-state index contributed by atoms with van der Waals surface area (Å²) in [7, 11) is 0. The minimum Gasteiger partial charge on any atom is -0.505 e. The van der Waals surface area contributed by atoms with Gasteiger partial charge in [-0.2, -0.15) is 0 Å². The Kier molecular flexibility index (Phi) is 3.46. The van der Waals surface area contributed by atoms with Crippen LogP contribution in [0, 0.1) is 6.92 Å². The van der Waals surface area contributed by atoms with Crippen LogP contribution in [0.1, 0.15) is 18.2 Å². The Hall–Kier alpha value is -1.32. The van der Waals surface area contributed by atoms with Crippen molar-refractivity contribution in [1.29, 1.82) is 0 Å².